The minimum Gasteiger partial charge on any atom is -0.411 e. The van der Waals surface area contributed by atoms with Crippen LogP contribution in [0.15, 0.2) is 53.7 Å². The fraction of sp³-hybridized carbons (Fsp3) is 0.0714. The van der Waals surface area contributed by atoms with Crippen molar-refractivity contribution >= 4 is 5.71 Å². The van der Waals surface area contributed by atoms with Crippen molar-refractivity contribution in [1.82, 2.24) is 0 Å². The largest absolute Gasteiger partial charge is 0.411 e. The van der Waals surface area contributed by atoms with E-state index in [2.05, 4.69) is 5.16 Å². The minimum absolute atomic E-state index is 0.317. The molecule has 0 bridgehead atoms. The monoisotopic (exact) mass is 247 g/mol. The van der Waals surface area contributed by atoms with Crippen molar-refractivity contribution in [3.8, 4) is 0 Å². The summed E-state index contributed by atoms with van der Waals surface area (Å²) in [7, 11) is 0. The van der Waals surface area contributed by atoms with Gasteiger partial charge in [-0.15, -0.1) is 0 Å². The van der Waals surface area contributed by atoms with Crippen molar-refractivity contribution in [3.63, 3.8) is 0 Å². The van der Waals surface area contributed by atoms with Crippen LogP contribution in [0, 0.1) is 11.6 Å². The Bertz CT molecular complexity index is 547. The van der Waals surface area contributed by atoms with Crippen LogP contribution in [0.1, 0.15) is 11.1 Å². The molecule has 92 valence electrons. The van der Waals surface area contributed by atoms with E-state index in [1.807, 2.05) is 0 Å². The van der Waals surface area contributed by atoms with Gasteiger partial charge < -0.3 is 5.21 Å². The van der Waals surface area contributed by atoms with Crippen molar-refractivity contribution < 1.29 is 14.0 Å². The second-order valence-electron chi connectivity index (χ2n) is 3.86. The zero-order valence-electron chi connectivity index (χ0n) is 9.48. The minimum atomic E-state index is -0.349. The molecule has 0 aliphatic carbocycles. The van der Waals surface area contributed by atoms with Gasteiger partial charge in [-0.25, -0.2) is 8.78 Å². The summed E-state index contributed by atoms with van der Waals surface area (Å²) in [5.41, 5.74) is 1.85. The third kappa shape index (κ3) is 2.91. The molecule has 0 amide bonds. The molecule has 0 aliphatic rings. The van der Waals surface area contributed by atoms with Crippen LogP contribution < -0.4 is 0 Å². The molecule has 0 unspecified atom stereocenters. The molecule has 2 aromatic carbocycles. The van der Waals surface area contributed by atoms with Crippen LogP contribution >= 0.6 is 0 Å². The quantitative estimate of drug-likeness (QED) is 0.503. The Morgan fingerprint density at radius 3 is 1.89 bits per heavy atom. The average molecular weight is 247 g/mol. The van der Waals surface area contributed by atoms with Gasteiger partial charge in [0, 0.05) is 6.42 Å². The van der Waals surface area contributed by atoms with E-state index in [4.69, 9.17) is 5.21 Å². The maximum Gasteiger partial charge on any atom is 0.123 e. The van der Waals surface area contributed by atoms with E-state index in [-0.39, 0.29) is 11.6 Å². The van der Waals surface area contributed by atoms with Gasteiger partial charge in [-0.1, -0.05) is 29.4 Å². The molecule has 0 fully saturated rings. The topological polar surface area (TPSA) is 32.6 Å². The second-order valence-corrected chi connectivity index (χ2v) is 3.86. The molecule has 0 aliphatic heterocycles. The van der Waals surface area contributed by atoms with Crippen LogP contribution in [0.25, 0.3) is 0 Å². The zero-order chi connectivity index (χ0) is 13.0. The van der Waals surface area contributed by atoms with Gasteiger partial charge in [-0.3, -0.25) is 0 Å². The highest BCUT2D eigenvalue weighted by Gasteiger charge is 2.06. The van der Waals surface area contributed by atoms with Gasteiger partial charge >= 0.3 is 0 Å². The first-order chi connectivity index (χ1) is 8.69. The maximum atomic E-state index is 12.8. The maximum absolute atomic E-state index is 12.8. The average Bonchev–Trinajstić information content (AvgIpc) is 2.39. The first-order valence-electron chi connectivity index (χ1n) is 5.40. The van der Waals surface area contributed by atoms with Crippen molar-refractivity contribution in [3.05, 3.63) is 71.3 Å². The van der Waals surface area contributed by atoms with Crippen molar-refractivity contribution in [2.75, 3.05) is 0 Å². The van der Waals surface area contributed by atoms with Crippen LogP contribution in [-0.2, 0) is 6.42 Å². The summed E-state index contributed by atoms with van der Waals surface area (Å²) in [6.45, 7) is 0. The summed E-state index contributed by atoms with van der Waals surface area (Å²) in [6, 6.07) is 11.6. The molecule has 1 N–H and O–H groups in total. The smallest absolute Gasteiger partial charge is 0.123 e. The van der Waals surface area contributed by atoms with Gasteiger partial charge in [-0.2, -0.15) is 0 Å². The highest BCUT2D eigenvalue weighted by Crippen LogP contribution is 2.10. The van der Waals surface area contributed by atoms with E-state index in [1.54, 1.807) is 12.1 Å². The Labute approximate surface area is 103 Å². The van der Waals surface area contributed by atoms with E-state index in [0.29, 0.717) is 17.7 Å². The molecule has 0 heterocycles. The number of hydrogen-bond acceptors (Lipinski definition) is 2. The van der Waals surface area contributed by atoms with Crippen LogP contribution in [0.2, 0.25) is 0 Å². The van der Waals surface area contributed by atoms with Gasteiger partial charge in [0.2, 0.25) is 0 Å². The highest BCUT2D eigenvalue weighted by molar-refractivity contribution is 6.01. The number of oxime groups is 1. The summed E-state index contributed by atoms with van der Waals surface area (Å²) in [5.74, 6) is -0.666. The molecular formula is C14H11F2NO. The number of benzene rings is 2. The molecule has 0 saturated heterocycles. The first-order valence-corrected chi connectivity index (χ1v) is 5.40. The van der Waals surface area contributed by atoms with E-state index in [9.17, 15) is 8.78 Å². The molecule has 4 heteroatoms. The van der Waals surface area contributed by atoms with E-state index < -0.39 is 0 Å². The molecular weight excluding hydrogens is 236 g/mol. The third-order valence-electron chi connectivity index (χ3n) is 2.58. The lowest BCUT2D eigenvalue weighted by atomic mass is 10.0. The van der Waals surface area contributed by atoms with Gasteiger partial charge in [0.15, 0.2) is 0 Å². The molecule has 2 aromatic rings. The highest BCUT2D eigenvalue weighted by atomic mass is 19.1. The molecule has 2 rings (SSSR count). The SMILES string of the molecule is ON=C(Cc1ccc(F)cc1)c1ccc(F)cc1. The second kappa shape index (κ2) is 5.40. The lowest BCUT2D eigenvalue weighted by Crippen LogP contribution is -2.05. The Hall–Kier alpha value is -2.23. The predicted octanol–water partition coefficient (Wildman–Crippen LogP) is 3.39. The standard InChI is InChI=1S/C14H11F2NO/c15-12-5-1-10(2-6-12)9-14(17-18)11-3-7-13(16)8-4-11/h1-8,18H,9H2. The van der Waals surface area contributed by atoms with Crippen molar-refractivity contribution in [2.24, 2.45) is 5.16 Å². The van der Waals surface area contributed by atoms with Crippen LogP contribution in [0.4, 0.5) is 8.78 Å². The molecule has 0 spiro atoms. The van der Waals surface area contributed by atoms with E-state index >= 15 is 0 Å². The van der Waals surface area contributed by atoms with E-state index in [1.165, 1.54) is 36.4 Å². The molecule has 18 heavy (non-hydrogen) atoms. The Morgan fingerprint density at radius 1 is 0.889 bits per heavy atom. The zero-order valence-corrected chi connectivity index (χ0v) is 9.48. The Kier molecular flexibility index (Phi) is 3.67. The number of nitrogens with zero attached hydrogens (tertiary/aromatic N) is 1. The van der Waals surface area contributed by atoms with Crippen LogP contribution in [-0.4, -0.2) is 10.9 Å². The Balaban J connectivity index is 2.20. The fourth-order valence-corrected chi connectivity index (χ4v) is 1.63. The van der Waals surface area contributed by atoms with E-state index in [0.717, 1.165) is 5.56 Å². The van der Waals surface area contributed by atoms with Gasteiger partial charge in [0.25, 0.3) is 0 Å². The molecule has 0 radical (unpaired) electrons. The van der Waals surface area contributed by atoms with Crippen molar-refractivity contribution in [1.29, 1.82) is 0 Å². The van der Waals surface area contributed by atoms with Crippen LogP contribution in [0.5, 0.6) is 0 Å². The summed E-state index contributed by atoms with van der Waals surface area (Å²) in [4.78, 5) is 0. The molecule has 2 nitrogen and oxygen atoms in total. The predicted molar refractivity (Wildman–Crippen MR) is 64.8 cm³/mol. The third-order valence-corrected chi connectivity index (χ3v) is 2.58. The fourth-order valence-electron chi connectivity index (χ4n) is 1.63. The first kappa shape index (κ1) is 12.2. The lowest BCUT2D eigenvalue weighted by molar-refractivity contribution is 0.318. The molecule has 0 saturated carbocycles. The molecule has 0 atom stereocenters. The number of hydrogen-bond donors (Lipinski definition) is 1. The Morgan fingerprint density at radius 2 is 1.39 bits per heavy atom. The van der Waals surface area contributed by atoms with Gasteiger partial charge in [-0.05, 0) is 35.4 Å². The number of halogens is 2. The lowest BCUT2D eigenvalue weighted by Gasteiger charge is -2.05. The number of rotatable bonds is 3. The van der Waals surface area contributed by atoms with Crippen LogP contribution in [0.3, 0.4) is 0 Å². The van der Waals surface area contributed by atoms with Gasteiger partial charge in [0.05, 0.1) is 5.71 Å². The molecule has 0 aromatic heterocycles. The summed E-state index contributed by atoms with van der Waals surface area (Å²) >= 11 is 0. The summed E-state index contributed by atoms with van der Waals surface area (Å²) in [5, 5.41) is 12.2. The normalized spacial score (nSPS) is 11.6. The summed E-state index contributed by atoms with van der Waals surface area (Å²) < 4.78 is 25.5. The van der Waals surface area contributed by atoms with Gasteiger partial charge in [0.1, 0.15) is 11.6 Å². The van der Waals surface area contributed by atoms with Crippen molar-refractivity contribution in [2.45, 2.75) is 6.42 Å². The summed E-state index contributed by atoms with van der Waals surface area (Å²) in [6.07, 6.45) is 0.350.